The third-order valence-corrected chi connectivity index (χ3v) is 7.31. The van der Waals surface area contributed by atoms with E-state index in [9.17, 15) is 24.5 Å². The van der Waals surface area contributed by atoms with Crippen molar-refractivity contribution >= 4 is 73.8 Å². The Morgan fingerprint density at radius 2 is 1.88 bits per heavy atom. The van der Waals surface area contributed by atoms with Crippen LogP contribution in [0.1, 0.15) is 18.1 Å². The summed E-state index contributed by atoms with van der Waals surface area (Å²) in [5, 5.41) is 13.5. The topological polar surface area (TPSA) is 128 Å². The van der Waals surface area contributed by atoms with Crippen LogP contribution in [0, 0.1) is 10.1 Å². The first-order chi connectivity index (χ1) is 19.2. The summed E-state index contributed by atoms with van der Waals surface area (Å²) in [5.74, 6) is -0.286. The fraction of sp³-hybridized carbons (Fsp3) is 0.148. The molecule has 1 fully saturated rings. The van der Waals surface area contributed by atoms with Gasteiger partial charge in [-0.2, -0.15) is 0 Å². The number of hydrogen-bond donors (Lipinski definition) is 1. The van der Waals surface area contributed by atoms with Crippen LogP contribution in [0.5, 0.6) is 11.5 Å². The number of hydrogen-bond acceptors (Lipinski definition) is 8. The van der Waals surface area contributed by atoms with E-state index in [1.807, 2.05) is 0 Å². The summed E-state index contributed by atoms with van der Waals surface area (Å²) in [6.45, 7) is 1.77. The minimum atomic E-state index is -0.521. The van der Waals surface area contributed by atoms with E-state index in [1.165, 1.54) is 24.3 Å². The number of benzene rings is 3. The van der Waals surface area contributed by atoms with E-state index < -0.39 is 22.0 Å². The van der Waals surface area contributed by atoms with E-state index in [1.54, 1.807) is 49.4 Å². The Morgan fingerprint density at radius 1 is 1.15 bits per heavy atom. The average molecular weight is 647 g/mol. The van der Waals surface area contributed by atoms with Crippen molar-refractivity contribution in [2.24, 2.45) is 0 Å². The van der Waals surface area contributed by atoms with Gasteiger partial charge in [-0.15, -0.1) is 0 Å². The third-order valence-electron chi connectivity index (χ3n) is 5.49. The number of rotatable bonds is 10. The molecule has 1 N–H and O–H groups in total. The SMILES string of the molecule is CCOc1cc(/C=C2\SC(=O)N(Cc3ccc([N+](=O)[O-])cc3)C2=O)cc(Br)c1OCC(=O)Nc1ccccc1Cl. The average Bonchev–Trinajstić information content (AvgIpc) is 3.17. The maximum Gasteiger partial charge on any atom is 0.293 e. The molecule has 3 aromatic rings. The number of amides is 3. The molecular formula is C27H21BrClN3O7S. The summed E-state index contributed by atoms with van der Waals surface area (Å²) in [6.07, 6.45) is 1.56. The molecule has 1 aliphatic rings. The predicted octanol–water partition coefficient (Wildman–Crippen LogP) is 6.66. The summed E-state index contributed by atoms with van der Waals surface area (Å²) in [5.41, 5.74) is 1.52. The van der Waals surface area contributed by atoms with Crippen molar-refractivity contribution in [1.82, 2.24) is 4.90 Å². The molecule has 1 heterocycles. The summed E-state index contributed by atoms with van der Waals surface area (Å²) in [7, 11) is 0. The normalized spacial score (nSPS) is 14.0. The van der Waals surface area contributed by atoms with Crippen molar-refractivity contribution in [3.63, 3.8) is 0 Å². The van der Waals surface area contributed by atoms with Gasteiger partial charge in [0.2, 0.25) is 0 Å². The monoisotopic (exact) mass is 645 g/mol. The van der Waals surface area contributed by atoms with Gasteiger partial charge in [0.25, 0.3) is 22.7 Å². The minimum absolute atomic E-state index is 0.0169. The second kappa shape index (κ2) is 13.0. The number of nitro groups is 1. The number of ether oxygens (including phenoxy) is 2. The number of nitrogens with zero attached hydrogens (tertiary/aromatic N) is 2. The Balaban J connectivity index is 1.48. The van der Waals surface area contributed by atoms with Crippen LogP contribution in [0.2, 0.25) is 5.02 Å². The number of halogens is 2. The molecule has 40 heavy (non-hydrogen) atoms. The van der Waals surface area contributed by atoms with Crippen LogP contribution in [0.25, 0.3) is 6.08 Å². The molecule has 0 spiro atoms. The first-order valence-electron chi connectivity index (χ1n) is 11.8. The molecule has 3 aromatic carbocycles. The van der Waals surface area contributed by atoms with Gasteiger partial charge in [0, 0.05) is 12.1 Å². The minimum Gasteiger partial charge on any atom is -0.490 e. The highest BCUT2D eigenvalue weighted by Crippen LogP contribution is 2.39. The van der Waals surface area contributed by atoms with Gasteiger partial charge >= 0.3 is 0 Å². The van der Waals surface area contributed by atoms with Gasteiger partial charge in [-0.25, -0.2) is 0 Å². The van der Waals surface area contributed by atoms with Crippen molar-refractivity contribution in [2.75, 3.05) is 18.5 Å². The lowest BCUT2D eigenvalue weighted by atomic mass is 10.1. The van der Waals surface area contributed by atoms with Crippen molar-refractivity contribution in [3.05, 3.63) is 96.3 Å². The van der Waals surface area contributed by atoms with Gasteiger partial charge < -0.3 is 14.8 Å². The van der Waals surface area contributed by atoms with Crippen LogP contribution in [0.15, 0.2) is 70.0 Å². The van der Waals surface area contributed by atoms with E-state index in [0.717, 1.165) is 16.7 Å². The van der Waals surface area contributed by atoms with E-state index in [2.05, 4.69) is 21.2 Å². The summed E-state index contributed by atoms with van der Waals surface area (Å²) < 4.78 is 11.9. The molecule has 0 unspecified atom stereocenters. The Labute approximate surface area is 246 Å². The van der Waals surface area contributed by atoms with Gasteiger partial charge in [0.05, 0.1) is 38.2 Å². The Bertz CT molecular complexity index is 1510. The third kappa shape index (κ3) is 7.00. The fourth-order valence-corrected chi connectivity index (χ4v) is 5.25. The lowest BCUT2D eigenvalue weighted by Gasteiger charge is -2.15. The maximum atomic E-state index is 13.0. The second-order valence-electron chi connectivity index (χ2n) is 8.27. The molecule has 0 radical (unpaired) electrons. The number of thioether (sulfide) groups is 1. The largest absolute Gasteiger partial charge is 0.490 e. The Hall–Kier alpha value is -3.87. The van der Waals surface area contributed by atoms with E-state index in [0.29, 0.717) is 44.4 Å². The lowest BCUT2D eigenvalue weighted by Crippen LogP contribution is -2.27. The van der Waals surface area contributed by atoms with Crippen molar-refractivity contribution in [3.8, 4) is 11.5 Å². The van der Waals surface area contributed by atoms with Gasteiger partial charge in [-0.3, -0.25) is 29.4 Å². The van der Waals surface area contributed by atoms with Crippen LogP contribution in [-0.4, -0.2) is 40.1 Å². The smallest absolute Gasteiger partial charge is 0.293 e. The van der Waals surface area contributed by atoms with Gasteiger partial charge in [-0.1, -0.05) is 35.9 Å². The molecule has 206 valence electrons. The van der Waals surface area contributed by atoms with Crippen LogP contribution >= 0.6 is 39.3 Å². The van der Waals surface area contributed by atoms with E-state index in [4.69, 9.17) is 21.1 Å². The Morgan fingerprint density at radius 3 is 2.55 bits per heavy atom. The number of anilines is 1. The van der Waals surface area contributed by atoms with Crippen molar-refractivity contribution in [1.29, 1.82) is 0 Å². The first kappa shape index (κ1) is 29.1. The van der Waals surface area contributed by atoms with Gasteiger partial charge in [0.1, 0.15) is 0 Å². The first-order valence-corrected chi connectivity index (χ1v) is 13.8. The summed E-state index contributed by atoms with van der Waals surface area (Å²) >= 11 is 10.3. The maximum absolute atomic E-state index is 13.0. The molecule has 0 saturated carbocycles. The molecule has 13 heteroatoms. The van der Waals surface area contributed by atoms with Gasteiger partial charge in [-0.05, 0) is 76.1 Å². The van der Waals surface area contributed by atoms with Crippen LogP contribution < -0.4 is 14.8 Å². The molecule has 1 aliphatic heterocycles. The summed E-state index contributed by atoms with van der Waals surface area (Å²) in [6, 6.07) is 15.8. The van der Waals surface area contributed by atoms with Crippen LogP contribution in [0.3, 0.4) is 0 Å². The molecule has 0 aliphatic carbocycles. The Kier molecular flexibility index (Phi) is 9.46. The molecule has 1 saturated heterocycles. The van der Waals surface area contributed by atoms with Crippen molar-refractivity contribution < 1.29 is 28.8 Å². The number of carbonyl (C=O) groups excluding carboxylic acids is 3. The van der Waals surface area contributed by atoms with Crippen LogP contribution in [0.4, 0.5) is 16.2 Å². The summed E-state index contributed by atoms with van der Waals surface area (Å²) in [4.78, 5) is 49.6. The molecular weight excluding hydrogens is 626 g/mol. The van der Waals surface area contributed by atoms with Crippen LogP contribution in [-0.2, 0) is 16.1 Å². The zero-order chi connectivity index (χ0) is 28.8. The van der Waals surface area contributed by atoms with E-state index in [-0.39, 0.29) is 23.7 Å². The fourth-order valence-electron chi connectivity index (χ4n) is 3.65. The van der Waals surface area contributed by atoms with E-state index >= 15 is 0 Å². The lowest BCUT2D eigenvalue weighted by molar-refractivity contribution is -0.384. The number of nitrogens with one attached hydrogen (secondary N) is 1. The highest BCUT2D eigenvalue weighted by atomic mass is 79.9. The number of para-hydroxylation sites is 1. The zero-order valence-electron chi connectivity index (χ0n) is 20.9. The highest BCUT2D eigenvalue weighted by Gasteiger charge is 2.35. The second-order valence-corrected chi connectivity index (χ2v) is 10.5. The van der Waals surface area contributed by atoms with Crippen molar-refractivity contribution in [2.45, 2.75) is 13.5 Å². The molecule has 0 atom stereocenters. The molecule has 0 aromatic heterocycles. The quantitative estimate of drug-likeness (QED) is 0.147. The number of carbonyl (C=O) groups is 3. The standard InChI is InChI=1S/C27H21BrClN3O7S/c1-2-38-22-12-17(11-19(28)25(22)39-15-24(33)30-21-6-4-3-5-20(21)29)13-23-26(34)31(27(35)40-23)14-16-7-9-18(10-8-16)32(36)37/h3-13H,2,14-15H2,1H3,(H,30,33)/b23-13-. The zero-order valence-corrected chi connectivity index (χ0v) is 24.0. The highest BCUT2D eigenvalue weighted by molar-refractivity contribution is 9.10. The molecule has 3 amide bonds. The number of non-ortho nitro benzene ring substituents is 1. The number of imide groups is 1. The molecule has 0 bridgehead atoms. The number of nitro benzene ring substituents is 1. The molecule has 4 rings (SSSR count). The molecule has 10 nitrogen and oxygen atoms in total. The van der Waals surface area contributed by atoms with Gasteiger partial charge in [0.15, 0.2) is 18.1 Å². The predicted molar refractivity (Wildman–Crippen MR) is 155 cm³/mol.